The zero-order valence-electron chi connectivity index (χ0n) is 14.0. The monoisotopic (exact) mass is 444 g/mol. The average molecular weight is 444 g/mol. The Bertz CT molecular complexity index is 667. The molecule has 166 valence electrons. The van der Waals surface area contributed by atoms with Crippen molar-refractivity contribution in [3.8, 4) is 0 Å². The standard InChI is InChI=1S/C8H8N6O16/c15-5(29-3-7(9(17)18,10(19)20)11(21)22)1-2-6(16)30-4-8(12(23)24,13(25)26)14(27)28/h1-4H2. The largest absolute Gasteiger partial charge is 0.734 e. The first-order valence-electron chi connectivity index (χ1n) is 6.84. The smallest absolute Gasteiger partial charge is 0.441 e. The molecule has 0 spiro atoms. The summed E-state index contributed by atoms with van der Waals surface area (Å²) in [5.41, 5.74) is 0. The molecule has 0 rings (SSSR count). The summed E-state index contributed by atoms with van der Waals surface area (Å²) in [6.45, 7) is -3.94. The molecule has 0 saturated heterocycles. The summed E-state index contributed by atoms with van der Waals surface area (Å²) >= 11 is 0. The Morgan fingerprint density at radius 2 is 0.733 bits per heavy atom. The fraction of sp³-hybridized carbons (Fsp3) is 0.750. The average Bonchev–Trinajstić information content (AvgIpc) is 2.59. The van der Waals surface area contributed by atoms with Crippen LogP contribution in [0.25, 0.3) is 0 Å². The molecule has 0 heterocycles. The highest BCUT2D eigenvalue weighted by molar-refractivity contribution is 5.77. The van der Waals surface area contributed by atoms with E-state index in [0.29, 0.717) is 0 Å². The van der Waals surface area contributed by atoms with E-state index >= 15 is 0 Å². The lowest BCUT2D eigenvalue weighted by Gasteiger charge is -2.10. The fourth-order valence-corrected chi connectivity index (χ4v) is 1.42. The molecule has 0 unspecified atom stereocenters. The van der Waals surface area contributed by atoms with Crippen molar-refractivity contribution in [1.29, 1.82) is 0 Å². The molecule has 22 nitrogen and oxygen atoms in total. The summed E-state index contributed by atoms with van der Waals surface area (Å²) < 4.78 is 8.01. The van der Waals surface area contributed by atoms with E-state index in [4.69, 9.17) is 0 Å². The number of rotatable bonds is 13. The molecule has 0 radical (unpaired) electrons. The van der Waals surface area contributed by atoms with E-state index in [1.807, 2.05) is 0 Å². The Morgan fingerprint density at radius 3 is 0.900 bits per heavy atom. The molecule has 0 aliphatic heterocycles. The molecule has 0 saturated carbocycles. The number of nitro groups is 6. The summed E-state index contributed by atoms with van der Waals surface area (Å²) in [6, 6.07) is 0. The second kappa shape index (κ2) is 9.51. The Kier molecular flexibility index (Phi) is 8.03. The second-order valence-corrected chi connectivity index (χ2v) is 4.91. The highest BCUT2D eigenvalue weighted by atomic mass is 16.8. The predicted octanol–water partition coefficient (Wildman–Crippen LogP) is -2.18. The summed E-state index contributed by atoms with van der Waals surface area (Å²) in [7, 11) is 0. The van der Waals surface area contributed by atoms with Crippen LogP contribution in [0.5, 0.6) is 0 Å². The predicted molar refractivity (Wildman–Crippen MR) is 78.6 cm³/mol. The molecule has 0 aromatic rings. The summed E-state index contributed by atoms with van der Waals surface area (Å²) in [5, 5.41) is 63.7. The first-order valence-corrected chi connectivity index (χ1v) is 6.84. The molecule has 0 N–H and O–H groups in total. The molecular formula is C8H8N6O16. The van der Waals surface area contributed by atoms with Crippen LogP contribution in [0.15, 0.2) is 0 Å². The Labute approximate surface area is 160 Å². The van der Waals surface area contributed by atoms with Crippen molar-refractivity contribution in [2.75, 3.05) is 13.2 Å². The quantitative estimate of drug-likeness (QED) is 0.126. The van der Waals surface area contributed by atoms with Gasteiger partial charge in [-0.05, 0) is 0 Å². The topological polar surface area (TPSA) is 311 Å². The van der Waals surface area contributed by atoms with Crippen molar-refractivity contribution >= 4 is 11.9 Å². The second-order valence-electron chi connectivity index (χ2n) is 4.91. The van der Waals surface area contributed by atoms with Gasteiger partial charge in [0.25, 0.3) is 0 Å². The number of hydrogen-bond donors (Lipinski definition) is 0. The number of ether oxygens (including phenoxy) is 2. The minimum Gasteiger partial charge on any atom is -0.441 e. The molecule has 22 heteroatoms. The van der Waals surface area contributed by atoms with E-state index in [1.54, 1.807) is 0 Å². The molecule has 0 aromatic heterocycles. The van der Waals surface area contributed by atoms with E-state index in [1.165, 1.54) is 0 Å². The number of nitrogens with zero attached hydrogens (tertiary/aromatic N) is 6. The number of hydrogen-bond acceptors (Lipinski definition) is 16. The van der Waals surface area contributed by atoms with Gasteiger partial charge in [-0.3, -0.25) is 70.3 Å². The first-order chi connectivity index (χ1) is 13.7. The van der Waals surface area contributed by atoms with E-state index in [2.05, 4.69) is 9.47 Å². The van der Waals surface area contributed by atoms with E-state index in [-0.39, 0.29) is 0 Å². The van der Waals surface area contributed by atoms with Gasteiger partial charge < -0.3 is 9.47 Å². The number of carbonyl (C=O) groups excluding carboxylic acids is 2. The van der Waals surface area contributed by atoms with Crippen LogP contribution in [0.1, 0.15) is 12.8 Å². The summed E-state index contributed by atoms with van der Waals surface area (Å²) in [6.07, 6.45) is -2.21. The van der Waals surface area contributed by atoms with Gasteiger partial charge in [0.1, 0.15) is 0 Å². The van der Waals surface area contributed by atoms with Gasteiger partial charge in [-0.25, -0.2) is 0 Å². The van der Waals surface area contributed by atoms with Gasteiger partial charge in [0, 0.05) is 0 Å². The summed E-state index contributed by atoms with van der Waals surface area (Å²) in [5.74, 6) is -11.5. The number of carbonyl (C=O) groups is 2. The molecule has 0 amide bonds. The van der Waals surface area contributed by atoms with Crippen LogP contribution in [-0.2, 0) is 19.1 Å². The fourth-order valence-electron chi connectivity index (χ4n) is 1.42. The van der Waals surface area contributed by atoms with Crippen LogP contribution in [0.3, 0.4) is 0 Å². The lowest BCUT2D eigenvalue weighted by atomic mass is 10.3. The van der Waals surface area contributed by atoms with Crippen LogP contribution in [-0.4, -0.2) is 66.3 Å². The van der Waals surface area contributed by atoms with Crippen molar-refractivity contribution in [2.24, 2.45) is 0 Å². The summed E-state index contributed by atoms with van der Waals surface area (Å²) in [4.78, 5) is 74.8. The maximum atomic E-state index is 11.4. The molecule has 0 aromatic carbocycles. The third-order valence-electron chi connectivity index (χ3n) is 3.14. The van der Waals surface area contributed by atoms with Crippen LogP contribution in [0.4, 0.5) is 0 Å². The van der Waals surface area contributed by atoms with Gasteiger partial charge in [0.05, 0.1) is 12.8 Å². The van der Waals surface area contributed by atoms with Crippen LogP contribution >= 0.6 is 0 Å². The van der Waals surface area contributed by atoms with E-state index < -0.39 is 79.1 Å². The third-order valence-corrected chi connectivity index (χ3v) is 3.14. The Balaban J connectivity index is 4.96. The van der Waals surface area contributed by atoms with Crippen LogP contribution in [0.2, 0.25) is 0 Å². The van der Waals surface area contributed by atoms with Gasteiger partial charge in [-0.2, -0.15) is 0 Å². The van der Waals surface area contributed by atoms with Crippen molar-refractivity contribution in [1.82, 2.24) is 0 Å². The van der Waals surface area contributed by atoms with Crippen molar-refractivity contribution in [3.05, 3.63) is 60.7 Å². The molecule has 30 heavy (non-hydrogen) atoms. The lowest BCUT2D eigenvalue weighted by Crippen LogP contribution is -2.57. The minimum atomic E-state index is -4.13. The highest BCUT2D eigenvalue weighted by Crippen LogP contribution is 2.15. The van der Waals surface area contributed by atoms with Crippen molar-refractivity contribution in [2.45, 2.75) is 24.4 Å². The van der Waals surface area contributed by atoms with Crippen LogP contribution < -0.4 is 0 Å². The van der Waals surface area contributed by atoms with Gasteiger partial charge in [-0.1, -0.05) is 0 Å². The normalized spacial score (nSPS) is 11.1. The molecule has 0 atom stereocenters. The van der Waals surface area contributed by atoms with E-state index in [9.17, 15) is 70.3 Å². The SMILES string of the molecule is O=C(CCC(=O)OCC([N+](=O)[O-])([N+](=O)[O-])[N+](=O)[O-])OCC([N+](=O)[O-])([N+](=O)[O-])[N+](=O)[O-]. The minimum absolute atomic E-state index is 1.11. The maximum Gasteiger partial charge on any atom is 0.734 e. The zero-order valence-corrected chi connectivity index (χ0v) is 14.0. The molecule has 0 bridgehead atoms. The van der Waals surface area contributed by atoms with Crippen LogP contribution in [0, 0.1) is 60.7 Å². The van der Waals surface area contributed by atoms with Gasteiger partial charge >= 0.3 is 36.7 Å². The molecule has 0 aliphatic carbocycles. The van der Waals surface area contributed by atoms with Gasteiger partial charge in [0.2, 0.25) is 0 Å². The van der Waals surface area contributed by atoms with Gasteiger partial charge in [-0.15, -0.1) is 0 Å². The van der Waals surface area contributed by atoms with E-state index in [0.717, 1.165) is 0 Å². The third kappa shape index (κ3) is 4.98. The van der Waals surface area contributed by atoms with Crippen molar-refractivity contribution < 1.29 is 48.6 Å². The highest BCUT2D eigenvalue weighted by Gasteiger charge is 2.72. The first kappa shape index (κ1) is 25.3. The van der Waals surface area contributed by atoms with Gasteiger partial charge in [0.15, 0.2) is 29.5 Å². The lowest BCUT2D eigenvalue weighted by molar-refractivity contribution is -0.970. The Morgan fingerprint density at radius 1 is 0.533 bits per heavy atom. The molecule has 0 fully saturated rings. The Hall–Kier alpha value is -4.66. The molecule has 0 aliphatic rings. The molecular weight excluding hydrogens is 436 g/mol. The maximum absolute atomic E-state index is 11.4. The number of esters is 2. The zero-order chi connectivity index (χ0) is 23.9. The van der Waals surface area contributed by atoms with Crippen molar-refractivity contribution in [3.63, 3.8) is 0 Å².